The average molecular weight is 339 g/mol. The van der Waals surface area contributed by atoms with Crippen LogP contribution in [-0.4, -0.2) is 36.4 Å². The molecule has 0 aliphatic carbocycles. The highest BCUT2D eigenvalue weighted by molar-refractivity contribution is 6.63. The van der Waals surface area contributed by atoms with Crippen molar-refractivity contribution in [2.24, 2.45) is 0 Å². The third-order valence-corrected chi connectivity index (χ3v) is 4.88. The minimum atomic E-state index is -0.670. The van der Waals surface area contributed by atoms with Crippen LogP contribution in [0.3, 0.4) is 0 Å². The van der Waals surface area contributed by atoms with E-state index in [1.165, 1.54) is 7.11 Å². The van der Waals surface area contributed by atoms with Crippen LogP contribution in [0.2, 0.25) is 0 Å². The summed E-state index contributed by atoms with van der Waals surface area (Å²) in [5.41, 5.74) is 1.41. The predicted octanol–water partition coefficient (Wildman–Crippen LogP) is 2.83. The Morgan fingerprint density at radius 1 is 1.00 bits per heavy atom. The molecule has 1 aliphatic heterocycles. The first kappa shape index (κ1) is 17.6. The average Bonchev–Trinajstić information content (AvgIpc) is 2.82. The van der Waals surface area contributed by atoms with Crippen LogP contribution in [0.25, 0.3) is 11.3 Å². The van der Waals surface area contributed by atoms with E-state index in [0.717, 1.165) is 5.56 Å². The standard InChI is InChI=1S/C19H22BNO4/c1-18(2)19(3,4)25-20(24-18)14-11-12-15(13-9-7-6-8-10-13)21-16(14)17(22)23-5/h6-12H,1-5H3. The van der Waals surface area contributed by atoms with Crippen LogP contribution in [0.15, 0.2) is 42.5 Å². The van der Waals surface area contributed by atoms with Crippen molar-refractivity contribution in [3.63, 3.8) is 0 Å². The van der Waals surface area contributed by atoms with Gasteiger partial charge in [-0.2, -0.15) is 0 Å². The smallest absolute Gasteiger partial charge is 0.464 e. The molecule has 1 fully saturated rings. The van der Waals surface area contributed by atoms with E-state index in [4.69, 9.17) is 14.0 Å². The van der Waals surface area contributed by atoms with Gasteiger partial charge < -0.3 is 14.0 Å². The fourth-order valence-corrected chi connectivity index (χ4v) is 2.66. The van der Waals surface area contributed by atoms with E-state index < -0.39 is 24.3 Å². The first-order valence-electron chi connectivity index (χ1n) is 8.25. The van der Waals surface area contributed by atoms with E-state index >= 15 is 0 Å². The van der Waals surface area contributed by atoms with Crippen LogP contribution in [0.4, 0.5) is 0 Å². The van der Waals surface area contributed by atoms with Crippen molar-refractivity contribution < 1.29 is 18.8 Å². The lowest BCUT2D eigenvalue weighted by molar-refractivity contribution is 0.00578. The van der Waals surface area contributed by atoms with Crippen molar-refractivity contribution in [1.82, 2.24) is 4.98 Å². The van der Waals surface area contributed by atoms with Gasteiger partial charge in [-0.15, -0.1) is 0 Å². The quantitative estimate of drug-likeness (QED) is 0.636. The summed E-state index contributed by atoms with van der Waals surface area (Å²) in [5.74, 6) is -0.512. The molecule has 3 rings (SSSR count). The summed E-state index contributed by atoms with van der Waals surface area (Å²) in [6, 6.07) is 13.4. The zero-order valence-corrected chi connectivity index (χ0v) is 15.2. The molecule has 0 amide bonds. The van der Waals surface area contributed by atoms with Gasteiger partial charge in [-0.05, 0) is 33.8 Å². The second-order valence-corrected chi connectivity index (χ2v) is 7.08. The molecule has 0 bridgehead atoms. The van der Waals surface area contributed by atoms with Crippen LogP contribution in [-0.2, 0) is 14.0 Å². The maximum Gasteiger partial charge on any atom is 0.497 e. The Labute approximate surface area is 148 Å². The molecular weight excluding hydrogens is 317 g/mol. The summed E-state index contributed by atoms with van der Waals surface area (Å²) in [5, 5.41) is 0. The zero-order valence-electron chi connectivity index (χ0n) is 15.2. The summed E-state index contributed by atoms with van der Waals surface area (Å²) in [6.45, 7) is 7.88. The normalized spacial score (nSPS) is 18.2. The number of pyridine rings is 1. The van der Waals surface area contributed by atoms with Crippen molar-refractivity contribution in [1.29, 1.82) is 0 Å². The van der Waals surface area contributed by atoms with Crippen molar-refractivity contribution in [3.8, 4) is 11.3 Å². The van der Waals surface area contributed by atoms with Gasteiger partial charge in [-0.25, -0.2) is 9.78 Å². The second kappa shape index (κ2) is 6.28. The van der Waals surface area contributed by atoms with Gasteiger partial charge in [-0.3, -0.25) is 0 Å². The largest absolute Gasteiger partial charge is 0.497 e. The zero-order chi connectivity index (χ0) is 18.2. The highest BCUT2D eigenvalue weighted by Crippen LogP contribution is 2.36. The Morgan fingerprint density at radius 3 is 2.16 bits per heavy atom. The number of carbonyl (C=O) groups excluding carboxylic acids is 1. The lowest BCUT2D eigenvalue weighted by Gasteiger charge is -2.32. The van der Waals surface area contributed by atoms with Crippen LogP contribution in [0, 0.1) is 0 Å². The molecular formula is C19H22BNO4. The Hall–Kier alpha value is -2.18. The molecule has 5 nitrogen and oxygen atoms in total. The minimum Gasteiger partial charge on any atom is -0.464 e. The van der Waals surface area contributed by atoms with Gasteiger partial charge in [0.25, 0.3) is 0 Å². The first-order chi connectivity index (χ1) is 11.7. The lowest BCUT2D eigenvalue weighted by Crippen LogP contribution is -2.41. The third-order valence-electron chi connectivity index (χ3n) is 4.88. The number of ether oxygens (including phenoxy) is 1. The fourth-order valence-electron chi connectivity index (χ4n) is 2.66. The molecule has 1 saturated heterocycles. The number of hydrogen-bond donors (Lipinski definition) is 0. The maximum absolute atomic E-state index is 12.3. The SMILES string of the molecule is COC(=O)c1nc(-c2ccccc2)ccc1B1OC(C)(C)C(C)(C)O1. The number of methoxy groups -OCH3 is 1. The molecule has 0 saturated carbocycles. The molecule has 1 aromatic carbocycles. The molecule has 0 radical (unpaired) electrons. The van der Waals surface area contributed by atoms with E-state index in [-0.39, 0.29) is 5.69 Å². The van der Waals surface area contributed by atoms with E-state index in [1.54, 1.807) is 0 Å². The maximum atomic E-state index is 12.3. The van der Waals surface area contributed by atoms with Crippen LogP contribution < -0.4 is 5.46 Å². The molecule has 130 valence electrons. The molecule has 6 heteroatoms. The summed E-state index contributed by atoms with van der Waals surface area (Å²) in [6.07, 6.45) is 0. The van der Waals surface area contributed by atoms with Gasteiger partial charge >= 0.3 is 13.1 Å². The molecule has 2 aromatic rings. The second-order valence-electron chi connectivity index (χ2n) is 7.08. The predicted molar refractivity (Wildman–Crippen MR) is 96.7 cm³/mol. The number of esters is 1. The summed E-state index contributed by atoms with van der Waals surface area (Å²) >= 11 is 0. The Balaban J connectivity index is 2.04. The van der Waals surface area contributed by atoms with E-state index in [1.807, 2.05) is 70.2 Å². The molecule has 1 aliphatic rings. The van der Waals surface area contributed by atoms with Gasteiger partial charge in [0.15, 0.2) is 0 Å². The van der Waals surface area contributed by atoms with Crippen LogP contribution in [0.1, 0.15) is 38.2 Å². The van der Waals surface area contributed by atoms with Crippen molar-refractivity contribution in [2.75, 3.05) is 7.11 Å². The molecule has 1 aromatic heterocycles. The van der Waals surface area contributed by atoms with E-state index in [2.05, 4.69) is 4.98 Å². The number of nitrogens with zero attached hydrogens (tertiary/aromatic N) is 1. The molecule has 0 N–H and O–H groups in total. The Morgan fingerprint density at radius 2 is 1.60 bits per heavy atom. The van der Waals surface area contributed by atoms with Crippen molar-refractivity contribution in [3.05, 3.63) is 48.2 Å². The Bertz CT molecular complexity index is 773. The minimum absolute atomic E-state index is 0.211. The van der Waals surface area contributed by atoms with Gasteiger partial charge in [0.2, 0.25) is 0 Å². The molecule has 0 unspecified atom stereocenters. The Kier molecular flexibility index (Phi) is 4.43. The van der Waals surface area contributed by atoms with Gasteiger partial charge in [0.1, 0.15) is 5.69 Å². The summed E-state index contributed by atoms with van der Waals surface area (Å²) in [4.78, 5) is 16.8. The first-order valence-corrected chi connectivity index (χ1v) is 8.25. The molecule has 0 spiro atoms. The summed E-state index contributed by atoms with van der Waals surface area (Å²) < 4.78 is 17.0. The highest BCUT2D eigenvalue weighted by atomic mass is 16.7. The number of benzene rings is 1. The van der Waals surface area contributed by atoms with Crippen molar-refractivity contribution in [2.45, 2.75) is 38.9 Å². The molecule has 2 heterocycles. The van der Waals surface area contributed by atoms with E-state index in [0.29, 0.717) is 11.2 Å². The van der Waals surface area contributed by atoms with Gasteiger partial charge in [-0.1, -0.05) is 36.4 Å². The van der Waals surface area contributed by atoms with Crippen LogP contribution >= 0.6 is 0 Å². The van der Waals surface area contributed by atoms with Crippen LogP contribution in [0.5, 0.6) is 0 Å². The highest BCUT2D eigenvalue weighted by Gasteiger charge is 2.52. The molecule has 25 heavy (non-hydrogen) atoms. The van der Waals surface area contributed by atoms with Gasteiger partial charge in [0.05, 0.1) is 24.0 Å². The van der Waals surface area contributed by atoms with Gasteiger partial charge in [0, 0.05) is 11.0 Å². The topological polar surface area (TPSA) is 57.7 Å². The number of hydrogen-bond acceptors (Lipinski definition) is 5. The van der Waals surface area contributed by atoms with E-state index in [9.17, 15) is 4.79 Å². The fraction of sp³-hybridized carbons (Fsp3) is 0.368. The number of aromatic nitrogens is 1. The number of rotatable bonds is 3. The number of carbonyl (C=O) groups is 1. The lowest BCUT2D eigenvalue weighted by atomic mass is 9.77. The molecule has 0 atom stereocenters. The third kappa shape index (κ3) is 3.19. The summed E-state index contributed by atoms with van der Waals surface area (Å²) in [7, 11) is 0.671. The van der Waals surface area contributed by atoms with Crippen molar-refractivity contribution >= 4 is 18.6 Å². The monoisotopic (exact) mass is 339 g/mol.